The summed E-state index contributed by atoms with van der Waals surface area (Å²) >= 11 is 1.50. The number of rotatable bonds is 1. The zero-order valence-electron chi connectivity index (χ0n) is 7.67. The molecule has 0 aliphatic carbocycles. The summed E-state index contributed by atoms with van der Waals surface area (Å²) in [5.41, 5.74) is 0.985. The van der Waals surface area contributed by atoms with Crippen molar-refractivity contribution in [2.24, 2.45) is 0 Å². The van der Waals surface area contributed by atoms with Crippen LogP contribution >= 0.6 is 11.3 Å². The summed E-state index contributed by atoms with van der Waals surface area (Å²) < 4.78 is 14.6. The normalized spacial score (nSPS) is 10.4. The highest BCUT2D eigenvalue weighted by molar-refractivity contribution is 7.17. The molecule has 3 heteroatoms. The first-order valence-electron chi connectivity index (χ1n) is 4.36. The van der Waals surface area contributed by atoms with E-state index >= 15 is 0 Å². The van der Waals surface area contributed by atoms with E-state index in [4.69, 9.17) is 5.26 Å². The molecule has 1 aromatic heterocycles. The van der Waals surface area contributed by atoms with E-state index in [9.17, 15) is 4.39 Å². The smallest absolute Gasteiger partial charge is 0.149 e. The maximum absolute atomic E-state index is 13.7. The molecule has 2 aromatic rings. The summed E-state index contributed by atoms with van der Waals surface area (Å²) in [7, 11) is 0. The lowest BCUT2D eigenvalue weighted by molar-refractivity contribution is 0.634. The van der Waals surface area contributed by atoms with Gasteiger partial charge in [0.1, 0.15) is 11.9 Å². The largest absolute Gasteiger partial charge is 0.205 e. The molecule has 0 saturated heterocycles. The van der Waals surface area contributed by atoms with Gasteiger partial charge in [-0.15, -0.1) is 11.3 Å². The molecular weight excluding hydrogens is 197 g/mol. The quantitative estimate of drug-likeness (QED) is 0.699. The molecule has 0 N–H and O–H groups in total. The fourth-order valence-electron chi connectivity index (χ4n) is 1.52. The molecule has 1 nitrogen and oxygen atoms in total. The van der Waals surface area contributed by atoms with Crippen LogP contribution in [-0.2, 0) is 6.42 Å². The predicted molar refractivity (Wildman–Crippen MR) is 55.9 cm³/mol. The van der Waals surface area contributed by atoms with Gasteiger partial charge in [-0.05, 0) is 29.5 Å². The number of nitrogens with zero attached hydrogens (tertiary/aromatic N) is 1. The molecule has 0 fully saturated rings. The molecule has 14 heavy (non-hydrogen) atoms. The van der Waals surface area contributed by atoms with Crippen LogP contribution in [-0.4, -0.2) is 0 Å². The van der Waals surface area contributed by atoms with Crippen molar-refractivity contribution in [1.82, 2.24) is 0 Å². The van der Waals surface area contributed by atoms with E-state index in [1.165, 1.54) is 11.3 Å². The summed E-state index contributed by atoms with van der Waals surface area (Å²) in [5.74, 6) is -0.372. The summed E-state index contributed by atoms with van der Waals surface area (Å²) in [6, 6.07) is 5.55. The Balaban J connectivity index is 2.88. The van der Waals surface area contributed by atoms with Gasteiger partial charge in [-0.1, -0.05) is 6.92 Å². The molecule has 0 amide bonds. The van der Waals surface area contributed by atoms with Crippen LogP contribution in [0.1, 0.15) is 18.1 Å². The van der Waals surface area contributed by atoms with Gasteiger partial charge in [0.2, 0.25) is 0 Å². The second-order valence-electron chi connectivity index (χ2n) is 3.02. The molecule has 1 heterocycles. The van der Waals surface area contributed by atoms with E-state index in [1.807, 2.05) is 24.4 Å². The molecule has 0 bridgehead atoms. The van der Waals surface area contributed by atoms with E-state index in [-0.39, 0.29) is 11.4 Å². The number of halogens is 1. The van der Waals surface area contributed by atoms with E-state index < -0.39 is 0 Å². The van der Waals surface area contributed by atoms with E-state index in [0.29, 0.717) is 11.8 Å². The SMILES string of the molecule is CCc1cc2sccc2c(F)c1C#N. The number of nitriles is 1. The molecular formula is C11H8FNS. The van der Waals surface area contributed by atoms with Crippen molar-refractivity contribution >= 4 is 21.4 Å². The molecule has 0 aliphatic heterocycles. The van der Waals surface area contributed by atoms with Crippen LogP contribution in [0.25, 0.3) is 10.1 Å². The van der Waals surface area contributed by atoms with E-state index in [2.05, 4.69) is 0 Å². The summed E-state index contributed by atoms with van der Waals surface area (Å²) in [6.07, 6.45) is 0.688. The number of hydrogen-bond acceptors (Lipinski definition) is 2. The lowest BCUT2D eigenvalue weighted by Gasteiger charge is -2.02. The van der Waals surface area contributed by atoms with Crippen LogP contribution in [0, 0.1) is 17.1 Å². The molecule has 0 aliphatic rings. The average Bonchev–Trinajstić information content (AvgIpc) is 2.65. The average molecular weight is 205 g/mol. The standard InChI is InChI=1S/C11H8FNS/c1-2-7-5-10-8(3-4-14-10)11(12)9(7)6-13/h3-5H,2H2,1H3. The Labute approximate surface area is 85.4 Å². The van der Waals surface area contributed by atoms with Gasteiger partial charge < -0.3 is 0 Å². The third kappa shape index (κ3) is 1.19. The van der Waals surface area contributed by atoms with E-state index in [0.717, 1.165) is 10.3 Å². The minimum absolute atomic E-state index is 0.193. The highest BCUT2D eigenvalue weighted by atomic mass is 32.1. The maximum atomic E-state index is 13.7. The molecule has 2 rings (SSSR count). The van der Waals surface area contributed by atoms with Crippen molar-refractivity contribution in [3.8, 4) is 6.07 Å². The van der Waals surface area contributed by atoms with Crippen LogP contribution < -0.4 is 0 Å². The highest BCUT2D eigenvalue weighted by Crippen LogP contribution is 2.28. The van der Waals surface area contributed by atoms with E-state index in [1.54, 1.807) is 6.07 Å². The summed E-state index contributed by atoms with van der Waals surface area (Å²) in [6.45, 7) is 1.93. The second kappa shape index (κ2) is 3.39. The maximum Gasteiger partial charge on any atom is 0.149 e. The molecule has 0 unspecified atom stereocenters. The lowest BCUT2D eigenvalue weighted by atomic mass is 10.0. The van der Waals surface area contributed by atoms with Gasteiger partial charge in [-0.3, -0.25) is 0 Å². The lowest BCUT2D eigenvalue weighted by Crippen LogP contribution is -1.92. The van der Waals surface area contributed by atoms with Gasteiger partial charge in [0, 0.05) is 10.1 Å². The topological polar surface area (TPSA) is 23.8 Å². The fraction of sp³-hybridized carbons (Fsp3) is 0.182. The van der Waals surface area contributed by atoms with Crippen LogP contribution in [0.2, 0.25) is 0 Å². The van der Waals surface area contributed by atoms with Crippen LogP contribution in [0.15, 0.2) is 17.5 Å². The highest BCUT2D eigenvalue weighted by Gasteiger charge is 2.12. The van der Waals surface area contributed by atoms with Crippen molar-refractivity contribution in [3.05, 3.63) is 34.5 Å². The second-order valence-corrected chi connectivity index (χ2v) is 3.97. The van der Waals surface area contributed by atoms with Gasteiger partial charge in [0.05, 0.1) is 5.56 Å². The zero-order valence-corrected chi connectivity index (χ0v) is 8.49. The van der Waals surface area contributed by atoms with Crippen LogP contribution in [0.3, 0.4) is 0 Å². The molecule has 70 valence electrons. The Hall–Kier alpha value is -1.40. The van der Waals surface area contributed by atoms with Crippen LogP contribution in [0.5, 0.6) is 0 Å². The minimum atomic E-state index is -0.372. The Bertz CT molecular complexity index is 522. The predicted octanol–water partition coefficient (Wildman–Crippen LogP) is 3.47. The van der Waals surface area contributed by atoms with Gasteiger partial charge in [0.15, 0.2) is 0 Å². The van der Waals surface area contributed by atoms with Gasteiger partial charge in [0.25, 0.3) is 0 Å². The first-order valence-corrected chi connectivity index (χ1v) is 5.24. The Morgan fingerprint density at radius 3 is 3.00 bits per heavy atom. The molecule has 0 saturated carbocycles. The van der Waals surface area contributed by atoms with Gasteiger partial charge in [-0.2, -0.15) is 5.26 Å². The van der Waals surface area contributed by atoms with Crippen molar-refractivity contribution in [3.63, 3.8) is 0 Å². The first kappa shape index (κ1) is 9.17. The zero-order chi connectivity index (χ0) is 10.1. The first-order chi connectivity index (χ1) is 6.77. The van der Waals surface area contributed by atoms with Crippen molar-refractivity contribution in [2.75, 3.05) is 0 Å². The Morgan fingerprint density at radius 1 is 1.57 bits per heavy atom. The minimum Gasteiger partial charge on any atom is -0.205 e. The number of hydrogen-bond donors (Lipinski definition) is 0. The molecule has 0 radical (unpaired) electrons. The van der Waals surface area contributed by atoms with Gasteiger partial charge in [-0.25, -0.2) is 4.39 Å². The number of benzene rings is 1. The summed E-state index contributed by atoms with van der Waals surface area (Å²) in [5, 5.41) is 11.2. The number of fused-ring (bicyclic) bond motifs is 1. The number of aryl methyl sites for hydroxylation is 1. The third-order valence-electron chi connectivity index (χ3n) is 2.27. The monoisotopic (exact) mass is 205 g/mol. The molecule has 0 atom stereocenters. The van der Waals surface area contributed by atoms with Crippen molar-refractivity contribution in [1.29, 1.82) is 5.26 Å². The van der Waals surface area contributed by atoms with Crippen molar-refractivity contribution in [2.45, 2.75) is 13.3 Å². The van der Waals surface area contributed by atoms with Crippen LogP contribution in [0.4, 0.5) is 4.39 Å². The van der Waals surface area contributed by atoms with Gasteiger partial charge >= 0.3 is 0 Å². The van der Waals surface area contributed by atoms with Crippen molar-refractivity contribution < 1.29 is 4.39 Å². The molecule has 0 spiro atoms. The summed E-state index contributed by atoms with van der Waals surface area (Å²) in [4.78, 5) is 0. The Morgan fingerprint density at radius 2 is 2.36 bits per heavy atom. The number of thiophene rings is 1. The third-order valence-corrected chi connectivity index (χ3v) is 3.13. The Kier molecular flexibility index (Phi) is 2.22. The fourth-order valence-corrected chi connectivity index (χ4v) is 2.37. The molecule has 1 aromatic carbocycles.